The molecule has 0 unspecified atom stereocenters. The quantitative estimate of drug-likeness (QED) is 0.0832. The molecule has 5 aromatic rings. The van der Waals surface area contributed by atoms with E-state index in [0.717, 1.165) is 70.2 Å². The van der Waals surface area contributed by atoms with Gasteiger partial charge in [0.2, 0.25) is 11.8 Å². The fourth-order valence-electron chi connectivity index (χ4n) is 10.5. The van der Waals surface area contributed by atoms with Crippen molar-refractivity contribution >= 4 is 93.1 Å². The van der Waals surface area contributed by atoms with Gasteiger partial charge in [0.05, 0.1) is 30.9 Å². The van der Waals surface area contributed by atoms with Crippen LogP contribution in [0.4, 0.5) is 23.3 Å². The number of nitrogens with one attached hydrogen (secondary N) is 4. The normalized spacial score (nSPS) is 20.6. The molecule has 0 spiro atoms. The summed E-state index contributed by atoms with van der Waals surface area (Å²) in [4.78, 5) is 52.8. The highest BCUT2D eigenvalue weighted by Gasteiger charge is 2.42. The second-order valence-electron chi connectivity index (χ2n) is 25.3. The van der Waals surface area contributed by atoms with E-state index in [1.807, 2.05) is 12.2 Å². The maximum Gasteiger partial charge on any atom is 0.281 e. The van der Waals surface area contributed by atoms with Crippen LogP contribution >= 0.6 is 15.9 Å². The third kappa shape index (κ3) is 17.0. The molecule has 8 bridgehead atoms. The first-order valence-electron chi connectivity index (χ1n) is 28.4. The van der Waals surface area contributed by atoms with Gasteiger partial charge in [0, 0.05) is 65.7 Å². The minimum atomic E-state index is -4.22. The van der Waals surface area contributed by atoms with Crippen LogP contribution in [0, 0.1) is 11.8 Å². The second kappa shape index (κ2) is 25.9. The molecule has 4 N–H and O–H groups in total. The van der Waals surface area contributed by atoms with Gasteiger partial charge in [0.1, 0.15) is 27.9 Å². The standard InChI is InChI=1S/C28H39N7O4SSi.C20H24BrN5O3S.C9H17NOSi/c1-28(2)18-20-8-7-14-29-22-9-6-10-25(30-22)40(37,38)33-27(36)21-11-12-23(31-26(21)34(28)19-20)35-15-13-24(32-35)39-16-17-41(3,4)5;1-20(2)11-13-5-4-10-22-16-6-3-7-17(24-16)30(28,29)25-19(27)14-8-9-15(21)23-18(14)26(20)12-13;1-12(2,3)8-7-11-9-5-4-6-10-9/h6,9-13,15,20H,7-8,14,16-19H2,1-5H3,(H,29,30)(H,33,36);3,6-9,13H,4-5,10-12H2,1-2H3,(H,22,24)(H,25,27);4-5H,6-8H2,1-3H3/t20-;13-;/m00./s1. The fraction of sp³-hybridized carbons (Fsp3) is 0.509. The summed E-state index contributed by atoms with van der Waals surface area (Å²) in [5.41, 5.74) is -0.105. The van der Waals surface area contributed by atoms with Gasteiger partial charge in [-0.05, 0) is 161 Å². The number of rotatable bonds is 8. The monoisotopic (exact) mass is 1270 g/mol. The highest BCUT2D eigenvalue weighted by molar-refractivity contribution is 9.10. The Morgan fingerprint density at radius 2 is 1.16 bits per heavy atom. The first kappa shape index (κ1) is 62.8. The van der Waals surface area contributed by atoms with Gasteiger partial charge in [0.15, 0.2) is 15.9 Å². The van der Waals surface area contributed by atoms with Gasteiger partial charge >= 0.3 is 0 Å². The van der Waals surface area contributed by atoms with Crippen molar-refractivity contribution < 1.29 is 35.9 Å². The van der Waals surface area contributed by atoms with E-state index in [4.69, 9.17) is 14.5 Å². The second-order valence-corrected chi connectivity index (χ2v) is 40.6. The van der Waals surface area contributed by atoms with E-state index in [1.165, 1.54) is 18.2 Å². The van der Waals surface area contributed by atoms with E-state index in [9.17, 15) is 26.4 Å². The van der Waals surface area contributed by atoms with Crippen LogP contribution in [0.5, 0.6) is 5.88 Å². The smallest absolute Gasteiger partial charge is 0.281 e. The predicted octanol–water partition coefficient (Wildman–Crippen LogP) is 9.79. The summed E-state index contributed by atoms with van der Waals surface area (Å²) in [6.07, 6.45) is 11.5. The Kier molecular flexibility index (Phi) is 19.6. The van der Waals surface area contributed by atoms with E-state index < -0.39 is 48.0 Å². The Bertz CT molecular complexity index is 3440. The molecule has 21 nitrogen and oxygen atoms in total. The van der Waals surface area contributed by atoms with Gasteiger partial charge in [0.25, 0.3) is 31.9 Å². The zero-order chi connectivity index (χ0) is 60.0. The largest absolute Gasteiger partial charge is 0.478 e. The van der Waals surface area contributed by atoms with Gasteiger partial charge < -0.3 is 29.9 Å². The van der Waals surface area contributed by atoms with Gasteiger partial charge in [-0.25, -0.2) is 39.1 Å². The summed E-state index contributed by atoms with van der Waals surface area (Å²) in [5, 5.41) is 10.5. The van der Waals surface area contributed by atoms with E-state index in [1.54, 1.807) is 65.5 Å². The predicted molar refractivity (Wildman–Crippen MR) is 335 cm³/mol. The molecule has 2 fully saturated rings. The van der Waals surface area contributed by atoms with E-state index in [-0.39, 0.29) is 32.3 Å². The van der Waals surface area contributed by atoms with E-state index in [2.05, 4.69) is 138 Å². The molecule has 0 aliphatic carbocycles. The summed E-state index contributed by atoms with van der Waals surface area (Å²) in [7, 11) is -10.5. The Hall–Kier alpha value is -6.23. The summed E-state index contributed by atoms with van der Waals surface area (Å²) in [5.74, 6) is 3.03. The minimum absolute atomic E-state index is 0.175. The molecule has 10 heterocycles. The highest BCUT2D eigenvalue weighted by Crippen LogP contribution is 2.41. The van der Waals surface area contributed by atoms with Crippen LogP contribution in [0.25, 0.3) is 5.82 Å². The maximum absolute atomic E-state index is 13.6. The molecular weight excluding hydrogens is 1190 g/mol. The van der Waals surface area contributed by atoms with E-state index in [0.29, 0.717) is 77.6 Å². The molecule has 5 aliphatic heterocycles. The van der Waals surface area contributed by atoms with Crippen molar-refractivity contribution in [2.24, 2.45) is 16.8 Å². The van der Waals surface area contributed by atoms with Crippen molar-refractivity contribution in [2.45, 2.75) is 139 Å². The molecule has 5 aliphatic rings. The maximum atomic E-state index is 13.6. The lowest BCUT2D eigenvalue weighted by atomic mass is 9.93. The molecule has 26 heteroatoms. The van der Waals surface area contributed by atoms with Crippen molar-refractivity contribution in [1.29, 1.82) is 0 Å². The van der Waals surface area contributed by atoms with Crippen molar-refractivity contribution in [2.75, 3.05) is 66.4 Å². The number of carbonyl (C=O) groups excluding carboxylic acids is 2. The molecule has 2 atom stereocenters. The molecular formula is C57H80BrN13O8S2Si2. The topological polar surface area (TPSA) is 257 Å². The van der Waals surface area contributed by atoms with Crippen LogP contribution in [0.2, 0.25) is 51.4 Å². The number of ether oxygens (including phenoxy) is 2. The van der Waals surface area contributed by atoms with Crippen LogP contribution < -0.4 is 34.6 Å². The molecule has 10 rings (SSSR count). The van der Waals surface area contributed by atoms with E-state index >= 15 is 0 Å². The first-order chi connectivity index (χ1) is 39.0. The SMILES string of the molecule is CC1(C)C[C@@H]2CCCNc3cccc(n3)S(=O)(=O)NC(=O)c3ccc(-n4ccc(OCC[Si](C)(C)C)n4)nc3N1C2.CC1(C)C[C@@H]2CCCNc3cccc(n3)S(=O)(=O)NC(=O)c3ccc(Br)nc3N1C2.C[Si](C)(C)CCOC1=NCC=C1. The van der Waals surface area contributed by atoms with Crippen LogP contribution in [-0.2, 0) is 24.8 Å². The number of fused-ring (bicyclic) bond motifs is 12. The number of halogens is 1. The Balaban J connectivity index is 0.000000186. The van der Waals surface area contributed by atoms with Crippen molar-refractivity contribution in [3.05, 3.63) is 101 Å². The van der Waals surface area contributed by atoms with Crippen LogP contribution in [0.1, 0.15) is 86.9 Å². The number of hydrogen-bond donors (Lipinski definition) is 4. The average molecular weight is 1280 g/mol. The minimum Gasteiger partial charge on any atom is -0.478 e. The number of anilines is 4. The van der Waals surface area contributed by atoms with Gasteiger partial charge in [-0.3, -0.25) is 9.59 Å². The van der Waals surface area contributed by atoms with Gasteiger partial charge in [-0.15, -0.1) is 5.10 Å². The number of pyridine rings is 4. The fourth-order valence-corrected chi connectivity index (χ4v) is 14.1. The van der Waals surface area contributed by atoms with Crippen molar-refractivity contribution in [3.8, 4) is 11.7 Å². The van der Waals surface area contributed by atoms with Crippen LogP contribution in [0.15, 0.2) is 105 Å². The summed E-state index contributed by atoms with van der Waals surface area (Å²) in [6.45, 7) is 27.5. The summed E-state index contributed by atoms with van der Waals surface area (Å²) >= 11 is 3.39. The molecule has 448 valence electrons. The lowest BCUT2D eigenvalue weighted by molar-refractivity contribution is 0.0972. The number of hydrogen-bond acceptors (Lipinski definition) is 18. The zero-order valence-electron chi connectivity index (χ0n) is 49.3. The van der Waals surface area contributed by atoms with Crippen molar-refractivity contribution in [3.63, 3.8) is 0 Å². The summed E-state index contributed by atoms with van der Waals surface area (Å²) < 4.78 is 69.9. The van der Waals surface area contributed by atoms with Gasteiger partial charge in [-0.2, -0.15) is 16.8 Å². The number of aromatic nitrogens is 6. The number of nitrogens with zero attached hydrogens (tertiary/aromatic N) is 9. The molecule has 0 saturated carbocycles. The van der Waals surface area contributed by atoms with Gasteiger partial charge in [-0.1, -0.05) is 57.5 Å². The molecule has 2 saturated heterocycles. The number of sulfonamides is 2. The molecule has 2 amide bonds. The van der Waals surface area contributed by atoms with Crippen LogP contribution in [-0.4, -0.2) is 137 Å². The lowest BCUT2D eigenvalue weighted by Crippen LogP contribution is -2.41. The Labute approximate surface area is 499 Å². The Morgan fingerprint density at radius 3 is 1.66 bits per heavy atom. The van der Waals surface area contributed by atoms with Crippen molar-refractivity contribution in [1.82, 2.24) is 39.2 Å². The average Bonchev–Trinajstić information content (AvgIpc) is 3.28. The number of carbonyl (C=O) groups is 2. The number of amides is 2. The van der Waals surface area contributed by atoms with Crippen LogP contribution in [0.3, 0.4) is 0 Å². The first-order valence-corrected chi connectivity index (χ1v) is 39.5. The number of aliphatic imine (C=N–C) groups is 1. The highest BCUT2D eigenvalue weighted by atomic mass is 79.9. The third-order valence-corrected chi connectivity index (χ3v) is 21.2. The lowest BCUT2D eigenvalue weighted by Gasteiger charge is -2.34. The molecule has 83 heavy (non-hydrogen) atoms. The molecule has 5 aromatic heterocycles. The Morgan fingerprint density at radius 1 is 0.651 bits per heavy atom. The molecule has 0 radical (unpaired) electrons. The third-order valence-electron chi connectivity index (χ3n) is 14.9. The summed E-state index contributed by atoms with van der Waals surface area (Å²) in [6, 6.07) is 19.9. The zero-order valence-corrected chi connectivity index (χ0v) is 54.5. The molecule has 0 aromatic carbocycles.